The minimum Gasteiger partial charge on any atom is -0.481 e. The van der Waals surface area contributed by atoms with Gasteiger partial charge in [0.2, 0.25) is 0 Å². The van der Waals surface area contributed by atoms with E-state index >= 15 is 0 Å². The first-order valence-corrected chi connectivity index (χ1v) is 7.63. The van der Waals surface area contributed by atoms with Crippen molar-refractivity contribution in [1.29, 1.82) is 0 Å². The molecule has 1 N–H and O–H groups in total. The molecule has 0 spiro atoms. The molecular formula is C8H16O2Si. The molecule has 1 aliphatic heterocycles. The van der Waals surface area contributed by atoms with E-state index in [1.807, 2.05) is 0 Å². The fourth-order valence-electron chi connectivity index (χ4n) is 2.00. The Kier molecular flexibility index (Phi) is 2.37. The van der Waals surface area contributed by atoms with Gasteiger partial charge in [0.05, 0.1) is 0 Å². The van der Waals surface area contributed by atoms with Crippen molar-refractivity contribution in [1.82, 2.24) is 0 Å². The van der Waals surface area contributed by atoms with E-state index in [0.29, 0.717) is 12.3 Å². The smallest absolute Gasteiger partial charge is 0.303 e. The van der Waals surface area contributed by atoms with Crippen LogP contribution in [0.25, 0.3) is 0 Å². The second kappa shape index (κ2) is 2.97. The summed E-state index contributed by atoms with van der Waals surface area (Å²) in [5, 5.41) is 8.56. The highest BCUT2D eigenvalue weighted by molar-refractivity contribution is 6.78. The molecule has 1 rings (SSSR count). The molecule has 2 nitrogen and oxygen atoms in total. The van der Waals surface area contributed by atoms with Gasteiger partial charge in [-0.15, -0.1) is 0 Å². The van der Waals surface area contributed by atoms with Crippen molar-refractivity contribution in [3.05, 3.63) is 0 Å². The van der Waals surface area contributed by atoms with Gasteiger partial charge in [-0.1, -0.05) is 31.6 Å². The minimum absolute atomic E-state index is 0.399. The highest BCUT2D eigenvalue weighted by atomic mass is 28.3. The predicted molar refractivity (Wildman–Crippen MR) is 47.5 cm³/mol. The molecule has 1 heterocycles. The van der Waals surface area contributed by atoms with E-state index in [2.05, 4.69) is 13.1 Å². The lowest BCUT2D eigenvalue weighted by Crippen LogP contribution is -2.20. The standard InChI is InChI=1S/C8H16O2Si/c1-11(2)4-3-7(6-11)5-8(9)10/h7H,3-6H2,1-2H3,(H,9,10)/t7-/m1/s1. The molecule has 1 atom stereocenters. The number of carbonyl (C=O) groups is 1. The van der Waals surface area contributed by atoms with Crippen LogP contribution in [-0.2, 0) is 4.79 Å². The fraction of sp³-hybridized carbons (Fsp3) is 0.875. The zero-order valence-corrected chi connectivity index (χ0v) is 8.26. The lowest BCUT2D eigenvalue weighted by Gasteiger charge is -2.13. The lowest BCUT2D eigenvalue weighted by molar-refractivity contribution is -0.137. The summed E-state index contributed by atoms with van der Waals surface area (Å²) in [4.78, 5) is 10.4. The third kappa shape index (κ3) is 2.65. The summed E-state index contributed by atoms with van der Waals surface area (Å²) in [6.07, 6.45) is 1.56. The van der Waals surface area contributed by atoms with Gasteiger partial charge < -0.3 is 5.11 Å². The Labute approximate surface area is 68.6 Å². The third-order valence-corrected chi connectivity index (χ3v) is 5.86. The highest BCUT2D eigenvalue weighted by Crippen LogP contribution is 2.36. The third-order valence-electron chi connectivity index (χ3n) is 2.53. The lowest BCUT2D eigenvalue weighted by atomic mass is 10.1. The Bertz CT molecular complexity index is 165. The van der Waals surface area contributed by atoms with Crippen LogP contribution in [-0.4, -0.2) is 19.1 Å². The molecule has 0 aliphatic carbocycles. The van der Waals surface area contributed by atoms with Gasteiger partial charge in [-0.05, 0) is 5.92 Å². The van der Waals surface area contributed by atoms with Crippen LogP contribution >= 0.6 is 0 Å². The van der Waals surface area contributed by atoms with Gasteiger partial charge in [0.25, 0.3) is 0 Å². The van der Waals surface area contributed by atoms with Crippen molar-refractivity contribution in [2.75, 3.05) is 0 Å². The Hall–Kier alpha value is -0.313. The number of carboxylic acid groups (broad SMARTS) is 1. The van der Waals surface area contributed by atoms with Crippen molar-refractivity contribution in [3.63, 3.8) is 0 Å². The van der Waals surface area contributed by atoms with E-state index in [-0.39, 0.29) is 0 Å². The fourth-order valence-corrected chi connectivity index (χ4v) is 5.31. The van der Waals surface area contributed by atoms with Crippen LogP contribution in [0, 0.1) is 5.92 Å². The quantitative estimate of drug-likeness (QED) is 0.648. The summed E-state index contributed by atoms with van der Waals surface area (Å²) in [6.45, 7) is 4.71. The Morgan fingerprint density at radius 3 is 2.64 bits per heavy atom. The first-order valence-electron chi connectivity index (χ1n) is 4.21. The molecule has 0 aromatic carbocycles. The average Bonchev–Trinajstić information content (AvgIpc) is 2.08. The number of hydrogen-bond acceptors (Lipinski definition) is 1. The van der Waals surface area contributed by atoms with Crippen LogP contribution < -0.4 is 0 Å². The van der Waals surface area contributed by atoms with Crippen molar-refractivity contribution in [2.24, 2.45) is 5.92 Å². The average molecular weight is 172 g/mol. The van der Waals surface area contributed by atoms with Gasteiger partial charge in [0, 0.05) is 14.5 Å². The maximum absolute atomic E-state index is 10.4. The minimum atomic E-state index is -0.933. The first-order chi connectivity index (χ1) is 4.99. The van der Waals surface area contributed by atoms with E-state index in [0.717, 1.165) is 6.42 Å². The molecule has 3 heteroatoms. The van der Waals surface area contributed by atoms with Crippen LogP contribution in [0.3, 0.4) is 0 Å². The van der Waals surface area contributed by atoms with Gasteiger partial charge in [0.15, 0.2) is 0 Å². The molecule has 1 fully saturated rings. The Morgan fingerprint density at radius 1 is 1.64 bits per heavy atom. The first kappa shape index (κ1) is 8.78. The Morgan fingerprint density at radius 2 is 2.27 bits per heavy atom. The van der Waals surface area contributed by atoms with Crippen molar-refractivity contribution in [3.8, 4) is 0 Å². The van der Waals surface area contributed by atoms with Crippen molar-refractivity contribution < 1.29 is 9.90 Å². The van der Waals surface area contributed by atoms with E-state index in [4.69, 9.17) is 5.11 Å². The summed E-state index contributed by atoms with van der Waals surface area (Å²) >= 11 is 0. The molecule has 0 aromatic rings. The molecule has 0 unspecified atom stereocenters. The highest BCUT2D eigenvalue weighted by Gasteiger charge is 2.33. The predicted octanol–water partition coefficient (Wildman–Crippen LogP) is 2.19. The van der Waals surface area contributed by atoms with Gasteiger partial charge in [-0.25, -0.2) is 0 Å². The van der Waals surface area contributed by atoms with Gasteiger partial charge in [-0.2, -0.15) is 0 Å². The van der Waals surface area contributed by atoms with E-state index in [1.54, 1.807) is 0 Å². The zero-order chi connectivity index (χ0) is 8.48. The molecule has 0 saturated carbocycles. The molecular weight excluding hydrogens is 156 g/mol. The second-order valence-electron chi connectivity index (χ2n) is 4.37. The van der Waals surface area contributed by atoms with Crippen LogP contribution in [0.2, 0.25) is 25.2 Å². The molecule has 11 heavy (non-hydrogen) atoms. The molecule has 0 amide bonds. The second-order valence-corrected chi connectivity index (χ2v) is 9.61. The van der Waals surface area contributed by atoms with E-state index in [9.17, 15) is 4.79 Å². The van der Waals surface area contributed by atoms with Crippen LogP contribution in [0.4, 0.5) is 0 Å². The zero-order valence-electron chi connectivity index (χ0n) is 7.26. The number of carboxylic acids is 1. The van der Waals surface area contributed by atoms with Gasteiger partial charge in [-0.3, -0.25) is 4.79 Å². The SMILES string of the molecule is C[Si]1(C)CC[C@H](CC(=O)O)C1. The van der Waals surface area contributed by atoms with Crippen molar-refractivity contribution >= 4 is 14.0 Å². The monoisotopic (exact) mass is 172 g/mol. The summed E-state index contributed by atoms with van der Waals surface area (Å²) in [6, 6.07) is 2.55. The summed E-state index contributed by atoms with van der Waals surface area (Å²) < 4.78 is 0. The van der Waals surface area contributed by atoms with E-state index < -0.39 is 14.0 Å². The van der Waals surface area contributed by atoms with Crippen LogP contribution in [0.5, 0.6) is 0 Å². The molecule has 64 valence electrons. The van der Waals surface area contributed by atoms with E-state index in [1.165, 1.54) is 12.1 Å². The molecule has 0 aromatic heterocycles. The number of aliphatic carboxylic acids is 1. The van der Waals surface area contributed by atoms with Gasteiger partial charge >= 0.3 is 5.97 Å². The summed E-state index contributed by atoms with van der Waals surface area (Å²) in [5.74, 6) is -0.129. The molecule has 0 radical (unpaired) electrons. The molecule has 1 saturated heterocycles. The van der Waals surface area contributed by atoms with Gasteiger partial charge in [0.1, 0.15) is 0 Å². The topological polar surface area (TPSA) is 37.3 Å². The maximum Gasteiger partial charge on any atom is 0.303 e. The summed E-state index contributed by atoms with van der Waals surface area (Å²) in [7, 11) is -0.933. The largest absolute Gasteiger partial charge is 0.481 e. The Balaban J connectivity index is 2.36. The number of rotatable bonds is 2. The number of hydrogen-bond donors (Lipinski definition) is 1. The maximum atomic E-state index is 10.4. The van der Waals surface area contributed by atoms with Crippen LogP contribution in [0.1, 0.15) is 12.8 Å². The normalized spacial score (nSPS) is 28.7. The summed E-state index contributed by atoms with van der Waals surface area (Å²) in [5.41, 5.74) is 0. The van der Waals surface area contributed by atoms with Crippen molar-refractivity contribution in [2.45, 2.75) is 38.0 Å². The van der Waals surface area contributed by atoms with Crippen LogP contribution in [0.15, 0.2) is 0 Å². The molecule has 0 bridgehead atoms. The molecule has 1 aliphatic rings.